The molecule has 0 saturated carbocycles. The largest absolute Gasteiger partial charge is 0.475 e. The van der Waals surface area contributed by atoms with Crippen molar-refractivity contribution in [1.82, 2.24) is 10.3 Å². The van der Waals surface area contributed by atoms with Crippen LogP contribution >= 0.6 is 24.0 Å². The second-order valence-electron chi connectivity index (χ2n) is 4.56. The minimum absolute atomic E-state index is 0. The Balaban J connectivity index is 0.00000361. The summed E-state index contributed by atoms with van der Waals surface area (Å²) in [6, 6.07) is 3.42. The van der Waals surface area contributed by atoms with Gasteiger partial charge in [-0.15, -0.1) is 12.4 Å². The minimum Gasteiger partial charge on any atom is -0.475 e. The summed E-state index contributed by atoms with van der Waals surface area (Å²) in [5.74, 6) is 0.188. The van der Waals surface area contributed by atoms with Gasteiger partial charge in [0.2, 0.25) is 11.8 Å². The van der Waals surface area contributed by atoms with E-state index in [2.05, 4.69) is 10.3 Å². The van der Waals surface area contributed by atoms with Gasteiger partial charge in [-0.3, -0.25) is 4.79 Å². The molecule has 0 spiro atoms. The summed E-state index contributed by atoms with van der Waals surface area (Å²) in [6.45, 7) is 4.37. The molecule has 0 saturated heterocycles. The number of aromatic nitrogens is 1. The molecular formula is C13H21Cl2N3O2. The van der Waals surface area contributed by atoms with Crippen LogP contribution in [0.3, 0.4) is 0 Å². The van der Waals surface area contributed by atoms with Crippen molar-refractivity contribution in [3.05, 3.63) is 23.4 Å². The fourth-order valence-corrected chi connectivity index (χ4v) is 1.80. The lowest BCUT2D eigenvalue weighted by Gasteiger charge is -2.22. The van der Waals surface area contributed by atoms with Crippen LogP contribution in [0.2, 0.25) is 5.02 Å². The number of nitrogens with zero attached hydrogens (tertiary/aromatic N) is 1. The van der Waals surface area contributed by atoms with Crippen LogP contribution in [0.5, 0.6) is 5.88 Å². The van der Waals surface area contributed by atoms with E-state index in [9.17, 15) is 4.79 Å². The zero-order chi connectivity index (χ0) is 14.3. The quantitative estimate of drug-likeness (QED) is 0.754. The highest BCUT2D eigenvalue weighted by atomic mass is 35.5. The van der Waals surface area contributed by atoms with Gasteiger partial charge < -0.3 is 15.8 Å². The van der Waals surface area contributed by atoms with E-state index < -0.39 is 5.54 Å². The van der Waals surface area contributed by atoms with E-state index in [1.807, 2.05) is 6.92 Å². The molecule has 1 heterocycles. The molecule has 7 heteroatoms. The molecule has 114 valence electrons. The molecule has 0 aliphatic heterocycles. The summed E-state index contributed by atoms with van der Waals surface area (Å²) in [6.07, 6.45) is 3.10. The smallest absolute Gasteiger partial charge is 0.239 e. The van der Waals surface area contributed by atoms with Gasteiger partial charge in [0, 0.05) is 6.20 Å². The van der Waals surface area contributed by atoms with Crippen LogP contribution in [-0.2, 0) is 4.79 Å². The second kappa shape index (κ2) is 9.00. The molecule has 0 aromatic carbocycles. The van der Waals surface area contributed by atoms with E-state index in [0.717, 1.165) is 6.42 Å². The van der Waals surface area contributed by atoms with Crippen LogP contribution in [0, 0.1) is 0 Å². The number of nitrogens with one attached hydrogen (secondary N) is 1. The van der Waals surface area contributed by atoms with Crippen molar-refractivity contribution in [2.75, 3.05) is 13.2 Å². The van der Waals surface area contributed by atoms with E-state index in [4.69, 9.17) is 22.1 Å². The lowest BCUT2D eigenvalue weighted by Crippen LogP contribution is -2.52. The van der Waals surface area contributed by atoms with Crippen LogP contribution in [0.4, 0.5) is 0 Å². The molecule has 1 aromatic rings. The maximum absolute atomic E-state index is 11.8. The first kappa shape index (κ1) is 19.0. The fraction of sp³-hybridized carbons (Fsp3) is 0.538. The van der Waals surface area contributed by atoms with E-state index in [0.29, 0.717) is 30.5 Å². The first-order valence-electron chi connectivity index (χ1n) is 6.28. The predicted octanol–water partition coefficient (Wildman–Crippen LogP) is 2.17. The van der Waals surface area contributed by atoms with Gasteiger partial charge in [0.05, 0.1) is 12.1 Å². The van der Waals surface area contributed by atoms with Crippen LogP contribution in [0.1, 0.15) is 26.7 Å². The van der Waals surface area contributed by atoms with Gasteiger partial charge >= 0.3 is 0 Å². The Labute approximate surface area is 130 Å². The predicted molar refractivity (Wildman–Crippen MR) is 82.5 cm³/mol. The van der Waals surface area contributed by atoms with E-state index >= 15 is 0 Å². The molecule has 1 unspecified atom stereocenters. The van der Waals surface area contributed by atoms with Crippen molar-refractivity contribution in [3.63, 3.8) is 0 Å². The highest BCUT2D eigenvalue weighted by Gasteiger charge is 2.26. The molecule has 5 nitrogen and oxygen atoms in total. The van der Waals surface area contributed by atoms with Crippen molar-refractivity contribution >= 4 is 29.9 Å². The summed E-state index contributed by atoms with van der Waals surface area (Å²) in [5, 5.41) is 3.19. The van der Waals surface area contributed by atoms with E-state index in [1.165, 1.54) is 0 Å². The molecule has 0 radical (unpaired) electrons. The number of hydrogen-bond donors (Lipinski definition) is 2. The van der Waals surface area contributed by atoms with Crippen molar-refractivity contribution in [2.24, 2.45) is 5.73 Å². The van der Waals surface area contributed by atoms with Gasteiger partial charge in [0.25, 0.3) is 0 Å². The maximum Gasteiger partial charge on any atom is 0.239 e. The molecule has 0 fully saturated rings. The number of amides is 1. The summed E-state index contributed by atoms with van der Waals surface area (Å²) in [7, 11) is 0. The number of carbonyl (C=O) groups excluding carboxylic acids is 1. The lowest BCUT2D eigenvalue weighted by atomic mass is 9.97. The molecule has 0 aliphatic rings. The average Bonchev–Trinajstić information content (AvgIpc) is 2.36. The molecule has 1 atom stereocenters. The molecule has 1 amide bonds. The van der Waals surface area contributed by atoms with Crippen molar-refractivity contribution in [1.29, 1.82) is 0 Å². The molecule has 1 aromatic heterocycles. The summed E-state index contributed by atoms with van der Waals surface area (Å²) >= 11 is 5.88. The van der Waals surface area contributed by atoms with Crippen LogP contribution < -0.4 is 15.8 Å². The van der Waals surface area contributed by atoms with E-state index in [-0.39, 0.29) is 18.3 Å². The average molecular weight is 322 g/mol. The standard InChI is InChI=1S/C13H20ClN3O2.ClH/c1-3-6-13(2,15)12(18)17-8-9-19-11-10(14)5-4-7-16-11;/h4-5,7H,3,6,8-9,15H2,1-2H3,(H,17,18);1H. The number of hydrogen-bond acceptors (Lipinski definition) is 4. The van der Waals surface area contributed by atoms with Gasteiger partial charge in [-0.05, 0) is 25.5 Å². The zero-order valence-electron chi connectivity index (χ0n) is 11.7. The Kier molecular flexibility index (Phi) is 8.53. The van der Waals surface area contributed by atoms with Gasteiger partial charge in [-0.2, -0.15) is 0 Å². The van der Waals surface area contributed by atoms with E-state index in [1.54, 1.807) is 25.3 Å². The lowest BCUT2D eigenvalue weighted by molar-refractivity contribution is -0.126. The van der Waals surface area contributed by atoms with Crippen molar-refractivity contribution in [2.45, 2.75) is 32.2 Å². The monoisotopic (exact) mass is 321 g/mol. The Morgan fingerprint density at radius 2 is 2.30 bits per heavy atom. The molecular weight excluding hydrogens is 301 g/mol. The Bertz CT molecular complexity index is 428. The third-order valence-electron chi connectivity index (χ3n) is 2.64. The molecule has 0 bridgehead atoms. The highest BCUT2D eigenvalue weighted by molar-refractivity contribution is 6.31. The van der Waals surface area contributed by atoms with Crippen molar-refractivity contribution < 1.29 is 9.53 Å². The number of nitrogens with two attached hydrogens (primary N) is 1. The third-order valence-corrected chi connectivity index (χ3v) is 2.93. The molecule has 3 N–H and O–H groups in total. The van der Waals surface area contributed by atoms with Crippen LogP contribution in [0.15, 0.2) is 18.3 Å². The number of halogens is 2. The molecule has 20 heavy (non-hydrogen) atoms. The Morgan fingerprint density at radius 3 is 2.90 bits per heavy atom. The van der Waals surface area contributed by atoms with Gasteiger partial charge in [-0.1, -0.05) is 24.9 Å². The van der Waals surface area contributed by atoms with Crippen LogP contribution in [-0.4, -0.2) is 29.6 Å². The molecule has 1 rings (SSSR count). The first-order valence-corrected chi connectivity index (χ1v) is 6.65. The fourth-order valence-electron chi connectivity index (χ4n) is 1.62. The Morgan fingerprint density at radius 1 is 1.60 bits per heavy atom. The summed E-state index contributed by atoms with van der Waals surface area (Å²) in [4.78, 5) is 15.8. The maximum atomic E-state index is 11.8. The summed E-state index contributed by atoms with van der Waals surface area (Å²) < 4.78 is 5.36. The van der Waals surface area contributed by atoms with Crippen molar-refractivity contribution in [3.8, 4) is 5.88 Å². The zero-order valence-corrected chi connectivity index (χ0v) is 13.3. The van der Waals surface area contributed by atoms with Gasteiger partial charge in [-0.25, -0.2) is 4.98 Å². The normalized spacial score (nSPS) is 13.0. The Hall–Kier alpha value is -1.04. The molecule has 0 aliphatic carbocycles. The number of carbonyl (C=O) groups is 1. The highest BCUT2D eigenvalue weighted by Crippen LogP contribution is 2.19. The minimum atomic E-state index is -0.836. The van der Waals surface area contributed by atoms with Crippen LogP contribution in [0.25, 0.3) is 0 Å². The number of rotatable bonds is 7. The second-order valence-corrected chi connectivity index (χ2v) is 4.97. The SMILES string of the molecule is CCCC(C)(N)C(=O)NCCOc1ncccc1Cl.Cl. The number of pyridine rings is 1. The third kappa shape index (κ3) is 5.94. The first-order chi connectivity index (χ1) is 8.97. The van der Waals surface area contributed by atoms with Gasteiger partial charge in [0.1, 0.15) is 11.6 Å². The van der Waals surface area contributed by atoms with Gasteiger partial charge in [0.15, 0.2) is 0 Å². The number of ether oxygens (including phenoxy) is 1. The topological polar surface area (TPSA) is 77.2 Å². The summed E-state index contributed by atoms with van der Waals surface area (Å²) in [5.41, 5.74) is 5.07.